The standard InChI is InChI=1S/C26H40O4/c1-22(2,3)14-26(15-23(26,4)5)21(28)30-25-11-17-8-18(12-25)10-24(9-17,16-25)13-19-6-7-29-20(19)27/h17-19H,6-16H2,1-5H3. The first-order chi connectivity index (χ1) is 13.9. The van der Waals surface area contributed by atoms with E-state index < -0.39 is 0 Å². The molecule has 0 radical (unpaired) electrons. The Morgan fingerprint density at radius 3 is 2.23 bits per heavy atom. The van der Waals surface area contributed by atoms with Crippen LogP contribution >= 0.6 is 0 Å². The predicted octanol–water partition coefficient (Wildman–Crippen LogP) is 5.67. The van der Waals surface area contributed by atoms with Gasteiger partial charge in [0.15, 0.2) is 0 Å². The van der Waals surface area contributed by atoms with Gasteiger partial charge in [-0.3, -0.25) is 9.59 Å². The van der Waals surface area contributed by atoms with Crippen molar-refractivity contribution in [2.75, 3.05) is 6.61 Å². The van der Waals surface area contributed by atoms with E-state index in [-0.39, 0.29) is 45.1 Å². The van der Waals surface area contributed by atoms with Crippen LogP contribution in [0.1, 0.15) is 98.8 Å². The van der Waals surface area contributed by atoms with Gasteiger partial charge in [-0.2, -0.15) is 0 Å². The minimum atomic E-state index is -0.322. The van der Waals surface area contributed by atoms with Gasteiger partial charge in [-0.1, -0.05) is 34.6 Å². The van der Waals surface area contributed by atoms with E-state index in [0.717, 1.165) is 44.9 Å². The molecule has 0 aromatic rings. The highest BCUT2D eigenvalue weighted by Crippen LogP contribution is 2.70. The Morgan fingerprint density at radius 2 is 1.73 bits per heavy atom. The van der Waals surface area contributed by atoms with Crippen LogP contribution in [0.5, 0.6) is 0 Å². The van der Waals surface area contributed by atoms with E-state index in [4.69, 9.17) is 9.47 Å². The molecule has 1 saturated heterocycles. The predicted molar refractivity (Wildman–Crippen MR) is 115 cm³/mol. The zero-order valence-corrected chi connectivity index (χ0v) is 19.6. The molecule has 5 aliphatic carbocycles. The molecule has 0 N–H and O–H groups in total. The van der Waals surface area contributed by atoms with Crippen LogP contribution in [0.15, 0.2) is 0 Å². The van der Waals surface area contributed by atoms with Crippen LogP contribution in [-0.2, 0) is 19.1 Å². The van der Waals surface area contributed by atoms with Crippen LogP contribution in [0, 0.1) is 39.4 Å². The number of carbonyl (C=O) groups excluding carboxylic acids is 2. The van der Waals surface area contributed by atoms with E-state index in [9.17, 15) is 9.59 Å². The van der Waals surface area contributed by atoms with Crippen LogP contribution in [0.2, 0.25) is 0 Å². The van der Waals surface area contributed by atoms with Crippen molar-refractivity contribution in [1.82, 2.24) is 0 Å². The first-order valence-corrected chi connectivity index (χ1v) is 12.3. The molecule has 4 atom stereocenters. The number of rotatable bonds is 5. The number of cyclic esters (lactones) is 1. The summed E-state index contributed by atoms with van der Waals surface area (Å²) in [6.45, 7) is 11.7. The van der Waals surface area contributed by atoms with Crippen molar-refractivity contribution in [1.29, 1.82) is 0 Å². The molecule has 0 spiro atoms. The number of hydrogen-bond donors (Lipinski definition) is 0. The highest BCUT2D eigenvalue weighted by Gasteiger charge is 2.69. The third-order valence-electron chi connectivity index (χ3n) is 9.30. The van der Waals surface area contributed by atoms with Gasteiger partial charge >= 0.3 is 11.9 Å². The molecule has 1 aliphatic heterocycles. The Morgan fingerprint density at radius 1 is 1.10 bits per heavy atom. The van der Waals surface area contributed by atoms with Crippen LogP contribution in [0.4, 0.5) is 0 Å². The van der Waals surface area contributed by atoms with Crippen molar-refractivity contribution in [3.8, 4) is 0 Å². The number of ether oxygens (including phenoxy) is 2. The molecular formula is C26H40O4. The van der Waals surface area contributed by atoms with Gasteiger partial charge in [0.1, 0.15) is 5.60 Å². The van der Waals surface area contributed by atoms with Crippen molar-refractivity contribution in [2.45, 2.75) is 104 Å². The maximum atomic E-state index is 13.7. The van der Waals surface area contributed by atoms with Gasteiger partial charge < -0.3 is 9.47 Å². The molecular weight excluding hydrogens is 376 g/mol. The van der Waals surface area contributed by atoms with Crippen molar-refractivity contribution < 1.29 is 19.1 Å². The summed E-state index contributed by atoms with van der Waals surface area (Å²) in [6.07, 6.45) is 10.4. The van der Waals surface area contributed by atoms with Gasteiger partial charge in [0.25, 0.3) is 0 Å². The van der Waals surface area contributed by atoms with Crippen molar-refractivity contribution >= 4 is 11.9 Å². The van der Waals surface area contributed by atoms with Crippen molar-refractivity contribution in [3.05, 3.63) is 0 Å². The molecule has 0 amide bonds. The molecule has 6 fully saturated rings. The van der Waals surface area contributed by atoms with Gasteiger partial charge in [0.2, 0.25) is 0 Å². The number of carbonyl (C=O) groups is 2. The molecule has 5 saturated carbocycles. The van der Waals surface area contributed by atoms with Gasteiger partial charge in [0, 0.05) is 0 Å². The highest BCUT2D eigenvalue weighted by molar-refractivity contribution is 5.82. The summed E-state index contributed by atoms with van der Waals surface area (Å²) in [4.78, 5) is 25.9. The van der Waals surface area contributed by atoms with E-state index in [0.29, 0.717) is 18.4 Å². The van der Waals surface area contributed by atoms with Gasteiger partial charge in [-0.05, 0) is 92.3 Å². The highest BCUT2D eigenvalue weighted by atomic mass is 16.6. The average Bonchev–Trinajstić information content (AvgIpc) is 2.88. The monoisotopic (exact) mass is 416 g/mol. The molecule has 6 aliphatic rings. The summed E-state index contributed by atoms with van der Waals surface area (Å²) in [5.74, 6) is 1.44. The van der Waals surface area contributed by atoms with Crippen LogP contribution in [0.25, 0.3) is 0 Å². The zero-order valence-electron chi connectivity index (χ0n) is 19.6. The van der Waals surface area contributed by atoms with E-state index in [2.05, 4.69) is 34.6 Å². The molecule has 0 aromatic carbocycles. The van der Waals surface area contributed by atoms with Crippen molar-refractivity contribution in [2.24, 2.45) is 39.4 Å². The maximum Gasteiger partial charge on any atom is 0.313 e. The van der Waals surface area contributed by atoms with Crippen molar-refractivity contribution in [3.63, 3.8) is 0 Å². The first-order valence-electron chi connectivity index (χ1n) is 12.3. The lowest BCUT2D eigenvalue weighted by Gasteiger charge is -2.62. The molecule has 6 rings (SSSR count). The fourth-order valence-corrected chi connectivity index (χ4v) is 8.60. The molecule has 1 heterocycles. The quantitative estimate of drug-likeness (QED) is 0.542. The molecule has 4 bridgehead atoms. The second-order valence-electron chi connectivity index (χ2n) is 13.8. The minimum absolute atomic E-state index is 0.000602. The Kier molecular flexibility index (Phi) is 4.34. The molecule has 4 unspecified atom stereocenters. The topological polar surface area (TPSA) is 52.6 Å². The lowest BCUT2D eigenvalue weighted by atomic mass is 9.46. The summed E-state index contributed by atoms with van der Waals surface area (Å²) in [5, 5.41) is 0. The van der Waals surface area contributed by atoms with Crippen LogP contribution in [-0.4, -0.2) is 24.1 Å². The average molecular weight is 417 g/mol. The third kappa shape index (κ3) is 3.32. The minimum Gasteiger partial charge on any atom is -0.465 e. The van der Waals surface area contributed by atoms with E-state index in [1.807, 2.05) is 0 Å². The number of hydrogen-bond acceptors (Lipinski definition) is 4. The summed E-state index contributed by atoms with van der Waals surface area (Å²) in [5.41, 5.74) is -0.290. The third-order valence-corrected chi connectivity index (χ3v) is 9.30. The SMILES string of the molecule is CC(C)(C)CC1(C(=O)OC23CC4CC(CC(CC5CCOC5=O)(C4)C2)C3)CC1(C)C. The van der Waals surface area contributed by atoms with Gasteiger partial charge in [-0.15, -0.1) is 0 Å². The second-order valence-corrected chi connectivity index (χ2v) is 13.8. The summed E-state index contributed by atoms with van der Waals surface area (Å²) in [6, 6.07) is 0. The summed E-state index contributed by atoms with van der Waals surface area (Å²) >= 11 is 0. The molecule has 4 heteroatoms. The lowest BCUT2D eigenvalue weighted by molar-refractivity contribution is -0.211. The normalized spacial score (nSPS) is 46.0. The summed E-state index contributed by atoms with van der Waals surface area (Å²) in [7, 11) is 0. The van der Waals surface area contributed by atoms with Crippen LogP contribution in [0.3, 0.4) is 0 Å². The van der Waals surface area contributed by atoms with E-state index in [1.165, 1.54) is 19.3 Å². The van der Waals surface area contributed by atoms with E-state index >= 15 is 0 Å². The van der Waals surface area contributed by atoms with Gasteiger partial charge in [-0.25, -0.2) is 0 Å². The fourth-order valence-electron chi connectivity index (χ4n) is 8.60. The van der Waals surface area contributed by atoms with E-state index in [1.54, 1.807) is 0 Å². The molecule has 168 valence electrons. The largest absolute Gasteiger partial charge is 0.465 e. The Bertz CT molecular complexity index is 745. The Balaban J connectivity index is 1.37. The molecule has 4 nitrogen and oxygen atoms in total. The molecule has 30 heavy (non-hydrogen) atoms. The smallest absolute Gasteiger partial charge is 0.313 e. The first kappa shape index (κ1) is 20.8. The second kappa shape index (κ2) is 6.25. The Hall–Kier alpha value is -1.06. The fraction of sp³-hybridized carbons (Fsp3) is 0.923. The summed E-state index contributed by atoms with van der Waals surface area (Å²) < 4.78 is 11.9. The number of esters is 2. The molecule has 0 aromatic heterocycles. The zero-order chi connectivity index (χ0) is 21.6. The maximum absolute atomic E-state index is 13.7. The van der Waals surface area contributed by atoms with Gasteiger partial charge in [0.05, 0.1) is 17.9 Å². The van der Waals surface area contributed by atoms with Crippen LogP contribution < -0.4 is 0 Å². The Labute approximate surface area is 181 Å². The lowest BCUT2D eigenvalue weighted by Crippen LogP contribution is -2.58.